The van der Waals surface area contributed by atoms with Crippen molar-refractivity contribution in [2.24, 2.45) is 0 Å². The summed E-state index contributed by atoms with van der Waals surface area (Å²) in [6.07, 6.45) is 3.99. The van der Waals surface area contributed by atoms with E-state index >= 15 is 0 Å². The third kappa shape index (κ3) is 4.69. The maximum atomic E-state index is 6.45. The van der Waals surface area contributed by atoms with Crippen molar-refractivity contribution in [2.45, 2.75) is 4.90 Å². The van der Waals surface area contributed by atoms with Gasteiger partial charge in [0.2, 0.25) is 5.75 Å². The molecule has 0 fully saturated rings. The molecule has 0 atom stereocenters. The molecule has 0 aliphatic rings. The standard InChI is InChI=1S/C24H23ClO4S/c1-26-21-10-7-15(11-19(21)18-9-8-17(30)14-20(18)25)5-6-16-12-22(27-2)24(29-4)23(13-16)28-3/h5-14,30H,1-4H3/b6-5-. The lowest BCUT2D eigenvalue weighted by Gasteiger charge is -2.13. The van der Waals surface area contributed by atoms with Crippen LogP contribution in [0.1, 0.15) is 11.1 Å². The summed E-state index contributed by atoms with van der Waals surface area (Å²) in [4.78, 5) is 0.807. The summed E-state index contributed by atoms with van der Waals surface area (Å²) in [5, 5.41) is 0.617. The van der Waals surface area contributed by atoms with Crippen LogP contribution >= 0.6 is 24.2 Å². The van der Waals surface area contributed by atoms with Crippen LogP contribution in [0.15, 0.2) is 53.4 Å². The van der Waals surface area contributed by atoms with E-state index in [1.54, 1.807) is 28.4 Å². The lowest BCUT2D eigenvalue weighted by Crippen LogP contribution is -1.95. The highest BCUT2D eigenvalue weighted by molar-refractivity contribution is 7.80. The van der Waals surface area contributed by atoms with Crippen molar-refractivity contribution in [3.8, 4) is 34.1 Å². The van der Waals surface area contributed by atoms with Crippen LogP contribution in [0.4, 0.5) is 0 Å². The Labute approximate surface area is 187 Å². The highest BCUT2D eigenvalue weighted by Gasteiger charge is 2.13. The minimum Gasteiger partial charge on any atom is -0.496 e. The fourth-order valence-electron chi connectivity index (χ4n) is 3.15. The smallest absolute Gasteiger partial charge is 0.203 e. The number of halogens is 1. The molecule has 0 unspecified atom stereocenters. The van der Waals surface area contributed by atoms with E-state index in [0.717, 1.165) is 32.9 Å². The number of methoxy groups -OCH3 is 4. The van der Waals surface area contributed by atoms with Crippen molar-refractivity contribution in [1.82, 2.24) is 0 Å². The summed E-state index contributed by atoms with van der Waals surface area (Å²) < 4.78 is 21.8. The van der Waals surface area contributed by atoms with Gasteiger partial charge in [-0.15, -0.1) is 12.6 Å². The number of ether oxygens (including phenoxy) is 4. The monoisotopic (exact) mass is 442 g/mol. The Balaban J connectivity index is 2.01. The van der Waals surface area contributed by atoms with E-state index in [0.29, 0.717) is 22.3 Å². The van der Waals surface area contributed by atoms with E-state index in [1.165, 1.54) is 0 Å². The molecule has 3 rings (SSSR count). The zero-order valence-electron chi connectivity index (χ0n) is 17.2. The molecule has 0 amide bonds. The molecular weight excluding hydrogens is 420 g/mol. The van der Waals surface area contributed by atoms with Crippen molar-refractivity contribution in [3.05, 3.63) is 64.7 Å². The average molecular weight is 443 g/mol. The minimum absolute atomic E-state index is 0.561. The summed E-state index contributed by atoms with van der Waals surface area (Å²) in [5.74, 6) is 2.51. The maximum Gasteiger partial charge on any atom is 0.203 e. The van der Waals surface area contributed by atoms with E-state index in [4.69, 9.17) is 30.5 Å². The maximum absolute atomic E-state index is 6.45. The zero-order valence-corrected chi connectivity index (χ0v) is 18.9. The molecule has 0 aliphatic heterocycles. The molecule has 0 saturated carbocycles. The largest absolute Gasteiger partial charge is 0.496 e. The molecule has 0 aliphatic carbocycles. The molecule has 0 aromatic heterocycles. The second kappa shape index (κ2) is 9.83. The lowest BCUT2D eigenvalue weighted by molar-refractivity contribution is 0.324. The molecule has 0 N–H and O–H groups in total. The normalized spacial score (nSPS) is 10.9. The van der Waals surface area contributed by atoms with Crippen LogP contribution in [0.5, 0.6) is 23.0 Å². The van der Waals surface area contributed by atoms with E-state index < -0.39 is 0 Å². The topological polar surface area (TPSA) is 36.9 Å². The van der Waals surface area contributed by atoms with E-state index in [2.05, 4.69) is 12.6 Å². The summed E-state index contributed by atoms with van der Waals surface area (Å²) in [7, 11) is 6.42. The van der Waals surface area contributed by atoms with Gasteiger partial charge in [-0.1, -0.05) is 35.9 Å². The van der Waals surface area contributed by atoms with Gasteiger partial charge < -0.3 is 18.9 Å². The van der Waals surface area contributed by atoms with Gasteiger partial charge in [-0.3, -0.25) is 0 Å². The van der Waals surface area contributed by atoms with Crippen LogP contribution in [-0.2, 0) is 0 Å². The molecule has 0 radical (unpaired) electrons. The quantitative estimate of drug-likeness (QED) is 0.334. The number of hydrogen-bond acceptors (Lipinski definition) is 5. The van der Waals surface area contributed by atoms with Crippen LogP contribution in [0.2, 0.25) is 5.02 Å². The van der Waals surface area contributed by atoms with Crippen molar-refractivity contribution in [3.63, 3.8) is 0 Å². The van der Waals surface area contributed by atoms with Gasteiger partial charge in [0.05, 0.1) is 28.4 Å². The molecule has 0 saturated heterocycles. The first-order valence-corrected chi connectivity index (χ1v) is 9.98. The number of thiol groups is 1. The minimum atomic E-state index is 0.561. The van der Waals surface area contributed by atoms with Gasteiger partial charge >= 0.3 is 0 Å². The second-order valence-electron chi connectivity index (χ2n) is 6.42. The first kappa shape index (κ1) is 21.9. The van der Waals surface area contributed by atoms with E-state index in [1.807, 2.05) is 60.7 Å². The van der Waals surface area contributed by atoms with E-state index in [-0.39, 0.29) is 0 Å². The van der Waals surface area contributed by atoms with Gasteiger partial charge in [0.25, 0.3) is 0 Å². The Morgan fingerprint density at radius 1 is 0.667 bits per heavy atom. The van der Waals surface area contributed by atoms with E-state index in [9.17, 15) is 0 Å². The van der Waals surface area contributed by atoms with Gasteiger partial charge in [0.15, 0.2) is 11.5 Å². The van der Waals surface area contributed by atoms with Crippen LogP contribution in [0.25, 0.3) is 23.3 Å². The first-order chi connectivity index (χ1) is 14.5. The molecule has 6 heteroatoms. The van der Waals surface area contributed by atoms with Gasteiger partial charge in [-0.2, -0.15) is 0 Å². The Bertz CT molecular complexity index is 1050. The second-order valence-corrected chi connectivity index (χ2v) is 7.34. The number of benzene rings is 3. The lowest BCUT2D eigenvalue weighted by atomic mass is 10.0. The van der Waals surface area contributed by atoms with Crippen molar-refractivity contribution in [1.29, 1.82) is 0 Å². The molecule has 0 spiro atoms. The summed E-state index contributed by atoms with van der Waals surface area (Å²) in [6, 6.07) is 15.4. The Morgan fingerprint density at radius 3 is 1.87 bits per heavy atom. The van der Waals surface area contributed by atoms with Crippen LogP contribution in [0.3, 0.4) is 0 Å². The Kier molecular flexibility index (Phi) is 7.19. The number of rotatable bonds is 7. The van der Waals surface area contributed by atoms with Crippen molar-refractivity contribution >= 4 is 36.4 Å². The molecule has 0 bridgehead atoms. The summed E-state index contributed by atoms with van der Waals surface area (Å²) >= 11 is 10.8. The van der Waals surface area contributed by atoms with Crippen LogP contribution in [0, 0.1) is 0 Å². The van der Waals surface area contributed by atoms with Gasteiger partial charge in [-0.05, 0) is 47.5 Å². The summed E-state index contributed by atoms with van der Waals surface area (Å²) in [5.41, 5.74) is 3.70. The SMILES string of the molecule is COc1ccc(/C=C\c2cc(OC)c(OC)c(OC)c2)cc1-c1ccc(S)cc1Cl. The highest BCUT2D eigenvalue weighted by atomic mass is 35.5. The third-order valence-corrected chi connectivity index (χ3v) is 5.21. The third-order valence-electron chi connectivity index (χ3n) is 4.62. The van der Waals surface area contributed by atoms with Crippen molar-refractivity contribution < 1.29 is 18.9 Å². The van der Waals surface area contributed by atoms with Gasteiger partial charge in [0.1, 0.15) is 5.75 Å². The molecular formula is C24H23ClO4S. The highest BCUT2D eigenvalue weighted by Crippen LogP contribution is 2.39. The molecule has 0 heterocycles. The molecule has 30 heavy (non-hydrogen) atoms. The zero-order chi connectivity index (χ0) is 21.7. The fourth-order valence-corrected chi connectivity index (χ4v) is 3.71. The predicted octanol–water partition coefficient (Wildman–Crippen LogP) is 6.50. The van der Waals surface area contributed by atoms with Crippen molar-refractivity contribution in [2.75, 3.05) is 28.4 Å². The van der Waals surface area contributed by atoms with Gasteiger partial charge in [0, 0.05) is 21.0 Å². The molecule has 3 aromatic rings. The first-order valence-electron chi connectivity index (χ1n) is 9.15. The Hall–Kier alpha value is -2.76. The predicted molar refractivity (Wildman–Crippen MR) is 126 cm³/mol. The van der Waals surface area contributed by atoms with Crippen LogP contribution < -0.4 is 18.9 Å². The Morgan fingerprint density at radius 2 is 1.30 bits per heavy atom. The molecule has 156 valence electrons. The fraction of sp³-hybridized carbons (Fsp3) is 0.167. The summed E-state index contributed by atoms with van der Waals surface area (Å²) in [6.45, 7) is 0. The molecule has 4 nitrogen and oxygen atoms in total. The van der Waals surface area contributed by atoms with Crippen LogP contribution in [-0.4, -0.2) is 28.4 Å². The molecule has 3 aromatic carbocycles. The van der Waals surface area contributed by atoms with Gasteiger partial charge in [-0.25, -0.2) is 0 Å². The average Bonchev–Trinajstić information content (AvgIpc) is 2.76. The number of hydrogen-bond donors (Lipinski definition) is 1.